The number of nitrogens with zero attached hydrogens (tertiary/aromatic N) is 1. The number of carbonyl (C=O) groups is 1. The molecule has 1 rings (SSSR count). The monoisotopic (exact) mass is 331 g/mol. The highest BCUT2D eigenvalue weighted by Gasteiger charge is 2.28. The second-order valence-corrected chi connectivity index (χ2v) is 8.21. The van der Waals surface area contributed by atoms with Gasteiger partial charge in [-0.05, 0) is 44.4 Å². The first kappa shape index (κ1) is 18.0. The third kappa shape index (κ3) is 3.98. The maximum Gasteiger partial charge on any atom is 0.261 e. The molecule has 0 unspecified atom stereocenters. The zero-order valence-corrected chi connectivity index (χ0v) is 14.7. The number of aryl methyl sites for hydroxylation is 1. The van der Waals surface area contributed by atoms with Crippen LogP contribution >= 0.6 is 10.7 Å². The second kappa shape index (κ2) is 6.36. The van der Waals surface area contributed by atoms with Crippen LogP contribution in [0, 0.1) is 0 Å². The maximum absolute atomic E-state index is 12.7. The average Bonchev–Trinajstić information content (AvgIpc) is 2.43. The predicted molar refractivity (Wildman–Crippen MR) is 85.3 cm³/mol. The largest absolute Gasteiger partial charge is 0.337 e. The molecule has 118 valence electrons. The molecule has 21 heavy (non-hydrogen) atoms. The lowest BCUT2D eigenvalue weighted by molar-refractivity contribution is 0.0619. The first-order valence-electron chi connectivity index (χ1n) is 6.90. The summed E-state index contributed by atoms with van der Waals surface area (Å²) in [4.78, 5) is 14.3. The van der Waals surface area contributed by atoms with E-state index in [1.165, 1.54) is 12.1 Å². The van der Waals surface area contributed by atoms with Gasteiger partial charge in [0.05, 0.1) is 4.90 Å². The van der Waals surface area contributed by atoms with E-state index in [0.717, 1.165) is 12.0 Å². The van der Waals surface area contributed by atoms with Crippen LogP contribution in [0.1, 0.15) is 50.0 Å². The van der Waals surface area contributed by atoms with Gasteiger partial charge >= 0.3 is 0 Å². The van der Waals surface area contributed by atoms with Gasteiger partial charge in [0.25, 0.3) is 15.0 Å². The Labute approximate surface area is 131 Å². The highest BCUT2D eigenvalue weighted by Crippen LogP contribution is 2.24. The zero-order chi connectivity index (χ0) is 16.4. The summed E-state index contributed by atoms with van der Waals surface area (Å²) in [7, 11) is 3.26. The predicted octanol–water partition coefficient (Wildman–Crippen LogP) is 3.44. The molecule has 0 saturated heterocycles. The van der Waals surface area contributed by atoms with Crippen LogP contribution in [0.5, 0.6) is 0 Å². The summed E-state index contributed by atoms with van der Waals surface area (Å²) >= 11 is 0. The molecular weight excluding hydrogens is 310 g/mol. The van der Waals surface area contributed by atoms with Crippen LogP contribution in [-0.2, 0) is 15.5 Å². The Morgan fingerprint density at radius 2 is 1.86 bits per heavy atom. The van der Waals surface area contributed by atoms with Crippen molar-refractivity contribution in [2.24, 2.45) is 0 Å². The van der Waals surface area contributed by atoms with Gasteiger partial charge in [-0.2, -0.15) is 0 Å². The number of benzene rings is 1. The van der Waals surface area contributed by atoms with Crippen LogP contribution in [-0.4, -0.2) is 31.8 Å². The van der Waals surface area contributed by atoms with E-state index in [2.05, 4.69) is 0 Å². The third-order valence-electron chi connectivity index (χ3n) is 4.05. The van der Waals surface area contributed by atoms with Crippen molar-refractivity contribution in [2.45, 2.75) is 51.0 Å². The van der Waals surface area contributed by atoms with Gasteiger partial charge in [0.1, 0.15) is 0 Å². The number of rotatable bonds is 5. The molecule has 0 spiro atoms. The number of hydrogen-bond donors (Lipinski definition) is 0. The molecule has 1 aromatic rings. The third-order valence-corrected chi connectivity index (χ3v) is 5.40. The molecule has 6 heteroatoms. The minimum atomic E-state index is -3.85. The molecule has 0 atom stereocenters. The molecule has 4 nitrogen and oxygen atoms in total. The molecule has 0 saturated carbocycles. The molecule has 1 aromatic carbocycles. The molecule has 0 aliphatic carbocycles. The molecule has 0 bridgehead atoms. The SMILES string of the molecule is CCc1ccc(S(=O)(=O)Cl)cc1C(=O)N(C)C(C)(C)CC. The Morgan fingerprint density at radius 3 is 2.29 bits per heavy atom. The Bertz CT molecular complexity index is 638. The van der Waals surface area contributed by atoms with E-state index in [9.17, 15) is 13.2 Å². The first-order chi connectivity index (χ1) is 9.54. The fourth-order valence-electron chi connectivity index (χ4n) is 1.91. The van der Waals surface area contributed by atoms with E-state index < -0.39 is 9.05 Å². The number of carbonyl (C=O) groups excluding carboxylic acids is 1. The Balaban J connectivity index is 3.37. The van der Waals surface area contributed by atoms with E-state index in [4.69, 9.17) is 10.7 Å². The quantitative estimate of drug-likeness (QED) is 0.777. The van der Waals surface area contributed by atoms with Crippen molar-refractivity contribution >= 4 is 25.6 Å². The fraction of sp³-hybridized carbons (Fsp3) is 0.533. The standard InChI is InChI=1S/C15H22ClNO3S/c1-6-11-8-9-12(21(16,19)20)10-13(11)14(18)17(5)15(3,4)7-2/h8-10H,6-7H2,1-5H3. The molecule has 1 amide bonds. The van der Waals surface area contributed by atoms with Crippen molar-refractivity contribution in [1.29, 1.82) is 0 Å². The molecule has 0 radical (unpaired) electrons. The van der Waals surface area contributed by atoms with Crippen LogP contribution < -0.4 is 0 Å². The van der Waals surface area contributed by atoms with Crippen molar-refractivity contribution < 1.29 is 13.2 Å². The number of halogens is 1. The van der Waals surface area contributed by atoms with E-state index in [0.29, 0.717) is 12.0 Å². The van der Waals surface area contributed by atoms with Crippen molar-refractivity contribution in [2.75, 3.05) is 7.05 Å². The van der Waals surface area contributed by atoms with Crippen molar-refractivity contribution in [3.8, 4) is 0 Å². The van der Waals surface area contributed by atoms with E-state index in [1.54, 1.807) is 18.0 Å². The highest BCUT2D eigenvalue weighted by molar-refractivity contribution is 8.13. The Kier molecular flexibility index (Phi) is 5.45. The van der Waals surface area contributed by atoms with Gasteiger partial charge in [-0.3, -0.25) is 4.79 Å². The zero-order valence-electron chi connectivity index (χ0n) is 13.1. The lowest BCUT2D eigenvalue weighted by atomic mass is 9.97. The van der Waals surface area contributed by atoms with Crippen molar-refractivity contribution in [3.63, 3.8) is 0 Å². The first-order valence-corrected chi connectivity index (χ1v) is 9.21. The summed E-state index contributed by atoms with van der Waals surface area (Å²) in [6.07, 6.45) is 1.44. The number of amides is 1. The Morgan fingerprint density at radius 1 is 1.29 bits per heavy atom. The van der Waals surface area contributed by atoms with Gasteiger partial charge in [-0.1, -0.05) is 19.9 Å². The second-order valence-electron chi connectivity index (χ2n) is 5.64. The van der Waals surface area contributed by atoms with E-state index in [-0.39, 0.29) is 16.3 Å². The normalized spacial score (nSPS) is 12.3. The smallest absolute Gasteiger partial charge is 0.261 e. The van der Waals surface area contributed by atoms with Gasteiger partial charge in [-0.25, -0.2) is 8.42 Å². The van der Waals surface area contributed by atoms with E-state index >= 15 is 0 Å². The van der Waals surface area contributed by atoms with Crippen molar-refractivity contribution in [1.82, 2.24) is 4.90 Å². The summed E-state index contributed by atoms with van der Waals surface area (Å²) in [6.45, 7) is 7.87. The summed E-state index contributed by atoms with van der Waals surface area (Å²) in [6, 6.07) is 4.45. The van der Waals surface area contributed by atoms with Gasteiger partial charge in [0.15, 0.2) is 0 Å². The molecule has 0 aromatic heterocycles. The van der Waals surface area contributed by atoms with Gasteiger partial charge < -0.3 is 4.90 Å². The minimum absolute atomic E-state index is 0.0487. The van der Waals surface area contributed by atoms with Crippen LogP contribution in [0.15, 0.2) is 23.1 Å². The van der Waals surface area contributed by atoms with Gasteiger partial charge in [-0.15, -0.1) is 0 Å². The molecule has 0 aliphatic rings. The summed E-state index contributed by atoms with van der Waals surface area (Å²) in [5, 5.41) is 0. The topological polar surface area (TPSA) is 54.5 Å². The molecule has 0 aliphatic heterocycles. The molecule has 0 fully saturated rings. The van der Waals surface area contributed by atoms with Crippen LogP contribution in [0.25, 0.3) is 0 Å². The van der Waals surface area contributed by atoms with Crippen LogP contribution in [0.2, 0.25) is 0 Å². The maximum atomic E-state index is 12.7. The Hall–Kier alpha value is -1.07. The molecule has 0 N–H and O–H groups in total. The lowest BCUT2D eigenvalue weighted by Gasteiger charge is -2.35. The molecule has 0 heterocycles. The van der Waals surface area contributed by atoms with Crippen LogP contribution in [0.4, 0.5) is 0 Å². The summed E-state index contributed by atoms with van der Waals surface area (Å²) in [5.74, 6) is -0.194. The van der Waals surface area contributed by atoms with Gasteiger partial charge in [0.2, 0.25) is 0 Å². The minimum Gasteiger partial charge on any atom is -0.337 e. The number of hydrogen-bond acceptors (Lipinski definition) is 3. The molecular formula is C15H22ClNO3S. The van der Waals surface area contributed by atoms with Gasteiger partial charge in [0, 0.05) is 28.8 Å². The van der Waals surface area contributed by atoms with E-state index in [1.807, 2.05) is 27.7 Å². The summed E-state index contributed by atoms with van der Waals surface area (Å²) < 4.78 is 22.9. The lowest BCUT2D eigenvalue weighted by Crippen LogP contribution is -2.44. The van der Waals surface area contributed by atoms with Crippen molar-refractivity contribution in [3.05, 3.63) is 29.3 Å². The van der Waals surface area contributed by atoms with Crippen LogP contribution in [0.3, 0.4) is 0 Å². The highest BCUT2D eigenvalue weighted by atomic mass is 35.7. The average molecular weight is 332 g/mol. The fourth-order valence-corrected chi connectivity index (χ4v) is 2.68. The summed E-state index contributed by atoms with van der Waals surface area (Å²) in [5.41, 5.74) is 0.892.